The highest BCUT2D eigenvalue weighted by atomic mass is 16.5. The Hall–Kier alpha value is -0.830. The number of hydrogen-bond donors (Lipinski definition) is 1. The topological polar surface area (TPSA) is 46.5 Å². The predicted molar refractivity (Wildman–Crippen MR) is 76.9 cm³/mol. The summed E-state index contributed by atoms with van der Waals surface area (Å²) in [6.45, 7) is 10.4. The Morgan fingerprint density at radius 3 is 2.85 bits per heavy atom. The van der Waals surface area contributed by atoms with Crippen LogP contribution in [0.2, 0.25) is 0 Å². The van der Waals surface area contributed by atoms with Crippen molar-refractivity contribution >= 4 is 5.97 Å². The maximum Gasteiger partial charge on any atom is 0.302 e. The Balaban J connectivity index is 2.04. The molecule has 3 rings (SSSR count). The first-order valence-corrected chi connectivity index (χ1v) is 7.81. The van der Waals surface area contributed by atoms with E-state index in [4.69, 9.17) is 4.74 Å². The Morgan fingerprint density at radius 1 is 1.55 bits per heavy atom. The van der Waals surface area contributed by atoms with Gasteiger partial charge >= 0.3 is 5.97 Å². The summed E-state index contributed by atoms with van der Waals surface area (Å²) >= 11 is 0. The highest BCUT2D eigenvalue weighted by Gasteiger charge is 2.69. The number of hydrogen-bond acceptors (Lipinski definition) is 3. The highest BCUT2D eigenvalue weighted by molar-refractivity contribution is 5.66. The maximum atomic E-state index is 11.4. The van der Waals surface area contributed by atoms with Gasteiger partial charge in [-0.1, -0.05) is 26.0 Å². The predicted octanol–water partition coefficient (Wildman–Crippen LogP) is 2.93. The molecule has 0 radical (unpaired) electrons. The van der Waals surface area contributed by atoms with Crippen molar-refractivity contribution in [2.24, 2.45) is 28.6 Å². The van der Waals surface area contributed by atoms with Crippen molar-refractivity contribution in [3.8, 4) is 0 Å². The lowest BCUT2D eigenvalue weighted by atomic mass is 9.66. The van der Waals surface area contributed by atoms with Crippen molar-refractivity contribution in [1.29, 1.82) is 0 Å². The van der Waals surface area contributed by atoms with Gasteiger partial charge in [0, 0.05) is 24.9 Å². The van der Waals surface area contributed by atoms with E-state index < -0.39 is 0 Å². The van der Waals surface area contributed by atoms with Crippen LogP contribution in [0.1, 0.15) is 46.5 Å². The molecule has 0 amide bonds. The van der Waals surface area contributed by atoms with Crippen LogP contribution in [0.3, 0.4) is 0 Å². The van der Waals surface area contributed by atoms with Gasteiger partial charge < -0.3 is 9.84 Å². The largest absolute Gasteiger partial charge is 0.462 e. The van der Waals surface area contributed by atoms with Crippen LogP contribution >= 0.6 is 0 Å². The molecule has 3 aliphatic rings. The van der Waals surface area contributed by atoms with E-state index in [1.165, 1.54) is 12.5 Å². The number of allylic oxidation sites excluding steroid dienone is 1. The molecule has 1 spiro atoms. The second-order valence-electron chi connectivity index (χ2n) is 7.57. The van der Waals surface area contributed by atoms with Gasteiger partial charge in [0.25, 0.3) is 0 Å². The Labute approximate surface area is 121 Å². The minimum atomic E-state index is -0.195. The number of fused-ring (bicyclic) bond motifs is 1. The summed E-state index contributed by atoms with van der Waals surface area (Å²) in [5, 5.41) is 10.1. The van der Waals surface area contributed by atoms with Gasteiger partial charge in [0.15, 0.2) is 0 Å². The van der Waals surface area contributed by atoms with Crippen molar-refractivity contribution in [1.82, 2.24) is 0 Å². The molecule has 0 aliphatic heterocycles. The molecule has 6 unspecified atom stereocenters. The van der Waals surface area contributed by atoms with Crippen LogP contribution in [0.25, 0.3) is 0 Å². The average molecular weight is 278 g/mol. The first-order chi connectivity index (χ1) is 9.35. The summed E-state index contributed by atoms with van der Waals surface area (Å²) in [6, 6.07) is 0. The molecular formula is C17H26O3. The number of carbonyl (C=O) groups is 1. The van der Waals surface area contributed by atoms with Gasteiger partial charge in [0.2, 0.25) is 0 Å². The van der Waals surface area contributed by atoms with Gasteiger partial charge in [-0.15, -0.1) is 0 Å². The molecule has 0 heterocycles. The molecular weight excluding hydrogens is 252 g/mol. The molecule has 112 valence electrons. The van der Waals surface area contributed by atoms with Crippen LogP contribution < -0.4 is 0 Å². The molecule has 3 fully saturated rings. The monoisotopic (exact) mass is 278 g/mol. The number of aliphatic hydroxyl groups excluding tert-OH is 1. The van der Waals surface area contributed by atoms with E-state index in [9.17, 15) is 9.90 Å². The third-order valence-electron chi connectivity index (χ3n) is 6.71. The third kappa shape index (κ3) is 1.59. The van der Waals surface area contributed by atoms with Crippen LogP contribution in [0, 0.1) is 28.6 Å². The Morgan fingerprint density at radius 2 is 2.25 bits per heavy atom. The number of ether oxygens (including phenoxy) is 1. The summed E-state index contributed by atoms with van der Waals surface area (Å²) < 4.78 is 5.65. The first kappa shape index (κ1) is 14.1. The molecule has 3 saturated carbocycles. The second kappa shape index (κ2) is 4.33. The maximum absolute atomic E-state index is 11.4. The number of rotatable bonds is 2. The zero-order valence-corrected chi connectivity index (χ0v) is 12.8. The van der Waals surface area contributed by atoms with Crippen molar-refractivity contribution < 1.29 is 14.6 Å². The molecule has 3 aliphatic carbocycles. The first-order valence-electron chi connectivity index (χ1n) is 7.81. The van der Waals surface area contributed by atoms with Crippen LogP contribution in [0.15, 0.2) is 12.2 Å². The van der Waals surface area contributed by atoms with E-state index in [0.717, 1.165) is 25.7 Å². The number of carbonyl (C=O) groups excluding carboxylic acids is 1. The average Bonchev–Trinajstić information content (AvgIpc) is 2.76. The van der Waals surface area contributed by atoms with Gasteiger partial charge in [-0.25, -0.2) is 0 Å². The fraction of sp³-hybridized carbons (Fsp3) is 0.824. The summed E-state index contributed by atoms with van der Waals surface area (Å²) in [5.41, 5.74) is 1.34. The van der Waals surface area contributed by atoms with Crippen molar-refractivity contribution in [3.63, 3.8) is 0 Å². The minimum absolute atomic E-state index is 0.0319. The van der Waals surface area contributed by atoms with E-state index >= 15 is 0 Å². The Kier molecular flexibility index (Phi) is 3.06. The molecule has 3 nitrogen and oxygen atoms in total. The standard InChI is InChI=1S/C17H26O3/c1-10-5-6-17-8-13(10)16(4,9-18)15(17)14(7-11(17)2)20-12(3)19/h11,13-15,18H,1,5-9H2,2-4H3. The Bertz CT molecular complexity index is 457. The molecule has 3 heteroatoms. The molecule has 0 saturated heterocycles. The third-order valence-corrected chi connectivity index (χ3v) is 6.71. The summed E-state index contributed by atoms with van der Waals surface area (Å²) in [5.74, 6) is 1.02. The highest BCUT2D eigenvalue weighted by Crippen LogP contribution is 2.72. The second-order valence-corrected chi connectivity index (χ2v) is 7.57. The van der Waals surface area contributed by atoms with E-state index in [1.807, 2.05) is 0 Å². The van der Waals surface area contributed by atoms with Crippen molar-refractivity contribution in [2.75, 3.05) is 6.61 Å². The fourth-order valence-electron chi connectivity index (χ4n) is 5.86. The van der Waals surface area contributed by atoms with Crippen LogP contribution in [-0.4, -0.2) is 23.8 Å². The molecule has 0 aromatic heterocycles. The summed E-state index contributed by atoms with van der Waals surface area (Å²) in [6.07, 6.45) is 4.23. The van der Waals surface area contributed by atoms with E-state index in [0.29, 0.717) is 11.8 Å². The van der Waals surface area contributed by atoms with Crippen molar-refractivity contribution in [2.45, 2.75) is 52.6 Å². The van der Waals surface area contributed by atoms with E-state index in [2.05, 4.69) is 20.4 Å². The molecule has 0 aromatic rings. The summed E-state index contributed by atoms with van der Waals surface area (Å²) in [4.78, 5) is 11.4. The summed E-state index contributed by atoms with van der Waals surface area (Å²) in [7, 11) is 0. The lowest BCUT2D eigenvalue weighted by Crippen LogP contribution is -2.41. The zero-order chi connectivity index (χ0) is 14.7. The molecule has 2 bridgehead atoms. The molecule has 1 N–H and O–H groups in total. The molecule has 6 atom stereocenters. The molecule has 0 aromatic carbocycles. The smallest absolute Gasteiger partial charge is 0.302 e. The van der Waals surface area contributed by atoms with E-state index in [1.54, 1.807) is 0 Å². The van der Waals surface area contributed by atoms with Gasteiger partial charge in [-0.2, -0.15) is 0 Å². The normalized spacial score (nSPS) is 50.1. The number of esters is 1. The quantitative estimate of drug-likeness (QED) is 0.624. The van der Waals surface area contributed by atoms with E-state index in [-0.39, 0.29) is 35.4 Å². The van der Waals surface area contributed by atoms with Gasteiger partial charge in [0.05, 0.1) is 0 Å². The zero-order valence-electron chi connectivity index (χ0n) is 12.8. The fourth-order valence-corrected chi connectivity index (χ4v) is 5.86. The van der Waals surface area contributed by atoms with Gasteiger partial charge in [0.1, 0.15) is 6.10 Å². The lowest BCUT2D eigenvalue weighted by molar-refractivity contribution is -0.152. The molecule has 20 heavy (non-hydrogen) atoms. The van der Waals surface area contributed by atoms with Crippen LogP contribution in [-0.2, 0) is 9.53 Å². The SMILES string of the molecule is C=C1CCC23CC1C(C)(CO)C2C(OC(C)=O)CC3C. The van der Waals surface area contributed by atoms with Gasteiger partial charge in [-0.05, 0) is 42.9 Å². The van der Waals surface area contributed by atoms with Crippen molar-refractivity contribution in [3.05, 3.63) is 12.2 Å². The van der Waals surface area contributed by atoms with Crippen LogP contribution in [0.5, 0.6) is 0 Å². The number of aliphatic hydroxyl groups is 1. The van der Waals surface area contributed by atoms with Gasteiger partial charge in [-0.3, -0.25) is 4.79 Å². The minimum Gasteiger partial charge on any atom is -0.462 e. The lowest BCUT2D eigenvalue weighted by Gasteiger charge is -2.39. The van der Waals surface area contributed by atoms with Crippen LogP contribution in [0.4, 0.5) is 0 Å².